The number of carbonyl (C=O) groups is 1. The van der Waals surface area contributed by atoms with Crippen molar-refractivity contribution in [3.05, 3.63) is 42.0 Å². The lowest BCUT2D eigenvalue weighted by atomic mass is 10.3. The molecule has 1 aromatic carbocycles. The molecule has 7 nitrogen and oxygen atoms in total. The second-order valence-electron chi connectivity index (χ2n) is 6.54. The smallest absolute Gasteiger partial charge is 0.319 e. The quantitative estimate of drug-likeness (QED) is 0.603. The van der Waals surface area contributed by atoms with Crippen LogP contribution < -0.4 is 10.6 Å². The van der Waals surface area contributed by atoms with Gasteiger partial charge in [0.2, 0.25) is 0 Å². The number of nitrogens with zero attached hydrogens (tertiary/aromatic N) is 3. The molecular formula is C18H22N6O. The van der Waals surface area contributed by atoms with Crippen molar-refractivity contribution in [2.75, 3.05) is 11.9 Å². The molecule has 1 aliphatic carbocycles. The van der Waals surface area contributed by atoms with E-state index in [1.807, 2.05) is 31.3 Å². The summed E-state index contributed by atoms with van der Waals surface area (Å²) in [4.78, 5) is 19.5. The summed E-state index contributed by atoms with van der Waals surface area (Å²) >= 11 is 0. The van der Waals surface area contributed by atoms with Crippen molar-refractivity contribution in [3.63, 3.8) is 0 Å². The number of amides is 2. The van der Waals surface area contributed by atoms with E-state index in [1.165, 1.54) is 18.5 Å². The number of benzene rings is 1. The third kappa shape index (κ3) is 3.65. The number of aromatic nitrogens is 4. The number of H-pyrrole nitrogens is 1. The zero-order valence-electron chi connectivity index (χ0n) is 14.2. The van der Waals surface area contributed by atoms with Gasteiger partial charge in [0.1, 0.15) is 5.82 Å². The van der Waals surface area contributed by atoms with Crippen LogP contribution >= 0.6 is 0 Å². The summed E-state index contributed by atoms with van der Waals surface area (Å²) in [6.45, 7) is 3.35. The molecule has 3 aromatic rings. The Bertz CT molecular complexity index is 892. The highest BCUT2D eigenvalue weighted by Gasteiger charge is 2.26. The van der Waals surface area contributed by atoms with Crippen LogP contribution in [0.5, 0.6) is 0 Å². The van der Waals surface area contributed by atoms with Gasteiger partial charge in [0.25, 0.3) is 0 Å². The lowest BCUT2D eigenvalue weighted by Gasteiger charge is -2.09. The van der Waals surface area contributed by atoms with Crippen LogP contribution in [-0.2, 0) is 6.54 Å². The van der Waals surface area contributed by atoms with E-state index in [2.05, 4.69) is 36.4 Å². The first kappa shape index (κ1) is 15.7. The minimum absolute atomic E-state index is 0.196. The van der Waals surface area contributed by atoms with Gasteiger partial charge in [-0.1, -0.05) is 0 Å². The number of carbonyl (C=O) groups excluding carboxylic acids is 1. The van der Waals surface area contributed by atoms with Gasteiger partial charge < -0.3 is 15.6 Å². The average Bonchev–Trinajstić information content (AvgIpc) is 3.20. The Morgan fingerprint density at radius 2 is 2.24 bits per heavy atom. The molecule has 0 radical (unpaired) electrons. The molecule has 2 heterocycles. The summed E-state index contributed by atoms with van der Waals surface area (Å²) < 4.78 is 2.06. The zero-order valence-corrected chi connectivity index (χ0v) is 14.2. The van der Waals surface area contributed by atoms with Crippen LogP contribution in [0.1, 0.15) is 36.7 Å². The first-order chi connectivity index (χ1) is 12.2. The third-order valence-electron chi connectivity index (χ3n) is 4.44. The molecule has 0 bridgehead atoms. The van der Waals surface area contributed by atoms with Crippen molar-refractivity contribution in [1.82, 2.24) is 25.1 Å². The van der Waals surface area contributed by atoms with Crippen LogP contribution in [0.15, 0.2) is 30.5 Å². The van der Waals surface area contributed by atoms with E-state index < -0.39 is 0 Å². The molecular weight excluding hydrogens is 316 g/mol. The van der Waals surface area contributed by atoms with Crippen molar-refractivity contribution in [3.8, 4) is 0 Å². The fraction of sp³-hybridized carbons (Fsp3) is 0.389. The number of rotatable bonds is 6. The van der Waals surface area contributed by atoms with Crippen LogP contribution in [0.2, 0.25) is 0 Å². The molecule has 0 aliphatic heterocycles. The number of urea groups is 1. The maximum Gasteiger partial charge on any atom is 0.319 e. The standard InChI is InChI=1S/C18H22N6O/c1-12-21-15-6-5-14(11-16(15)22-12)23-18(25)19-8-2-10-24-17(7-9-20-24)13-3-4-13/h5-7,9,11,13H,2-4,8,10H2,1H3,(H,21,22)(H2,19,23,25). The number of aromatic amines is 1. The van der Waals surface area contributed by atoms with Crippen molar-refractivity contribution in [2.45, 2.75) is 38.6 Å². The van der Waals surface area contributed by atoms with Gasteiger partial charge in [-0.2, -0.15) is 5.10 Å². The lowest BCUT2D eigenvalue weighted by Crippen LogP contribution is -2.30. The fourth-order valence-corrected chi connectivity index (χ4v) is 3.08. The number of nitrogens with one attached hydrogen (secondary N) is 3. The number of anilines is 1. The molecule has 0 unspecified atom stereocenters. The molecule has 3 N–H and O–H groups in total. The van der Waals surface area contributed by atoms with Gasteiger partial charge in [-0.3, -0.25) is 4.68 Å². The van der Waals surface area contributed by atoms with Crippen LogP contribution in [0.3, 0.4) is 0 Å². The van der Waals surface area contributed by atoms with E-state index in [0.29, 0.717) is 12.5 Å². The number of hydrogen-bond donors (Lipinski definition) is 3. The van der Waals surface area contributed by atoms with Gasteiger partial charge in [0.15, 0.2) is 0 Å². The second-order valence-corrected chi connectivity index (χ2v) is 6.54. The highest BCUT2D eigenvalue weighted by Crippen LogP contribution is 2.39. The Kier molecular flexibility index (Phi) is 4.13. The van der Waals surface area contributed by atoms with Crippen LogP contribution in [0, 0.1) is 6.92 Å². The predicted octanol–water partition coefficient (Wildman–Crippen LogP) is 3.16. The number of fused-ring (bicyclic) bond motifs is 1. The van der Waals surface area contributed by atoms with Gasteiger partial charge in [-0.25, -0.2) is 9.78 Å². The number of hydrogen-bond acceptors (Lipinski definition) is 3. The summed E-state index contributed by atoms with van der Waals surface area (Å²) in [5.74, 6) is 1.56. The maximum absolute atomic E-state index is 12.0. The summed E-state index contributed by atoms with van der Waals surface area (Å²) in [5, 5.41) is 10.1. The van der Waals surface area contributed by atoms with E-state index in [4.69, 9.17) is 0 Å². The lowest BCUT2D eigenvalue weighted by molar-refractivity contribution is 0.251. The number of aryl methyl sites for hydroxylation is 2. The summed E-state index contributed by atoms with van der Waals surface area (Å²) in [7, 11) is 0. The van der Waals surface area contributed by atoms with Crippen LogP contribution in [0.4, 0.5) is 10.5 Å². The molecule has 0 spiro atoms. The number of imidazole rings is 1. The predicted molar refractivity (Wildman–Crippen MR) is 96.7 cm³/mol. The summed E-state index contributed by atoms with van der Waals surface area (Å²) in [6, 6.07) is 7.55. The molecule has 4 rings (SSSR count). The molecule has 130 valence electrons. The Morgan fingerprint density at radius 3 is 3.08 bits per heavy atom. The Hall–Kier alpha value is -2.83. The normalized spacial score (nSPS) is 14.0. The second kappa shape index (κ2) is 6.58. The molecule has 1 fully saturated rings. The average molecular weight is 338 g/mol. The van der Waals surface area contributed by atoms with E-state index >= 15 is 0 Å². The molecule has 0 atom stereocenters. The maximum atomic E-state index is 12.0. The van der Waals surface area contributed by atoms with E-state index in [0.717, 1.165) is 35.5 Å². The summed E-state index contributed by atoms with van der Waals surface area (Å²) in [6.07, 6.45) is 5.26. The van der Waals surface area contributed by atoms with Gasteiger partial charge in [-0.05, 0) is 50.5 Å². The SMILES string of the molecule is Cc1nc2ccc(NC(=O)NCCCn3nccc3C3CC3)cc2[nH]1. The first-order valence-electron chi connectivity index (χ1n) is 8.72. The van der Waals surface area contributed by atoms with Crippen molar-refractivity contribution in [2.24, 2.45) is 0 Å². The first-order valence-corrected chi connectivity index (χ1v) is 8.72. The van der Waals surface area contributed by atoms with Crippen molar-refractivity contribution in [1.29, 1.82) is 0 Å². The summed E-state index contributed by atoms with van der Waals surface area (Å²) in [5.41, 5.74) is 3.89. The molecule has 2 aromatic heterocycles. The van der Waals surface area contributed by atoms with Crippen LogP contribution in [-0.4, -0.2) is 32.3 Å². The monoisotopic (exact) mass is 338 g/mol. The largest absolute Gasteiger partial charge is 0.342 e. The van der Waals surface area contributed by atoms with E-state index in [9.17, 15) is 4.79 Å². The topological polar surface area (TPSA) is 87.6 Å². The van der Waals surface area contributed by atoms with E-state index in [1.54, 1.807) is 0 Å². The highest BCUT2D eigenvalue weighted by atomic mass is 16.2. The highest BCUT2D eigenvalue weighted by molar-refractivity contribution is 5.91. The Balaban J connectivity index is 1.25. The van der Waals surface area contributed by atoms with Gasteiger partial charge in [0, 0.05) is 36.6 Å². The van der Waals surface area contributed by atoms with Crippen molar-refractivity contribution >= 4 is 22.8 Å². The molecule has 2 amide bonds. The Labute approximate surface area is 145 Å². The fourth-order valence-electron chi connectivity index (χ4n) is 3.08. The Morgan fingerprint density at radius 1 is 1.36 bits per heavy atom. The van der Waals surface area contributed by atoms with Crippen molar-refractivity contribution < 1.29 is 4.79 Å². The third-order valence-corrected chi connectivity index (χ3v) is 4.44. The molecule has 0 saturated heterocycles. The minimum Gasteiger partial charge on any atom is -0.342 e. The molecule has 1 aliphatic rings. The minimum atomic E-state index is -0.196. The molecule has 7 heteroatoms. The van der Waals surface area contributed by atoms with E-state index in [-0.39, 0.29) is 6.03 Å². The van der Waals surface area contributed by atoms with Gasteiger partial charge in [0.05, 0.1) is 11.0 Å². The molecule has 1 saturated carbocycles. The van der Waals surface area contributed by atoms with Gasteiger partial charge in [-0.15, -0.1) is 0 Å². The zero-order chi connectivity index (χ0) is 17.2. The van der Waals surface area contributed by atoms with Crippen LogP contribution in [0.25, 0.3) is 11.0 Å². The van der Waals surface area contributed by atoms with Gasteiger partial charge >= 0.3 is 6.03 Å². The molecule has 25 heavy (non-hydrogen) atoms.